The molecule has 1 aliphatic rings. The number of hydrogen-bond acceptors (Lipinski definition) is 4. The van der Waals surface area contributed by atoms with E-state index in [0.29, 0.717) is 27.9 Å². The van der Waals surface area contributed by atoms with Crippen LogP contribution in [0, 0.1) is 0 Å². The molecule has 0 saturated carbocycles. The zero-order chi connectivity index (χ0) is 14.7. The minimum Gasteiger partial charge on any atom is -0.399 e. The number of anilines is 1. The summed E-state index contributed by atoms with van der Waals surface area (Å²) in [6, 6.07) is 11.7. The summed E-state index contributed by atoms with van der Waals surface area (Å²) in [6.07, 6.45) is 0. The highest BCUT2D eigenvalue weighted by molar-refractivity contribution is 6.28. The van der Waals surface area contributed by atoms with Crippen LogP contribution in [0.4, 0.5) is 5.69 Å². The van der Waals surface area contributed by atoms with Crippen LogP contribution in [0.25, 0.3) is 0 Å². The Morgan fingerprint density at radius 2 is 1.35 bits per heavy atom. The maximum Gasteiger partial charge on any atom is 0.194 e. The van der Waals surface area contributed by atoms with E-state index < -0.39 is 0 Å². The van der Waals surface area contributed by atoms with E-state index in [0.717, 1.165) is 0 Å². The fourth-order valence-corrected chi connectivity index (χ4v) is 2.12. The predicted octanol–water partition coefficient (Wildman–Crippen LogP) is 2.04. The Morgan fingerprint density at radius 3 is 1.90 bits per heavy atom. The molecule has 0 saturated heterocycles. The largest absolute Gasteiger partial charge is 0.399 e. The number of rotatable bonds is 0. The van der Waals surface area contributed by atoms with Gasteiger partial charge in [-0.15, -0.1) is 0 Å². The van der Waals surface area contributed by atoms with Crippen molar-refractivity contribution in [3.8, 4) is 0 Å². The lowest BCUT2D eigenvalue weighted by atomic mass is 9.84. The van der Waals surface area contributed by atoms with Gasteiger partial charge >= 0.3 is 0 Å². The Kier molecular flexibility index (Phi) is 3.96. The summed E-state index contributed by atoms with van der Waals surface area (Å²) >= 11 is 0. The highest BCUT2D eigenvalue weighted by Gasteiger charge is 2.28. The minimum atomic E-state index is -0.137. The Hall–Kier alpha value is -2.46. The Bertz CT molecular complexity index is 677. The van der Waals surface area contributed by atoms with Gasteiger partial charge in [-0.2, -0.15) is 0 Å². The molecule has 2 aromatic carbocycles. The maximum atomic E-state index is 12.2. The SMILES string of the molecule is CCO.Nc1ccc2c(c1)C(=O)c1ccccc1C2=O. The van der Waals surface area contributed by atoms with Crippen LogP contribution in [-0.2, 0) is 0 Å². The molecular formula is C16H15NO3. The lowest BCUT2D eigenvalue weighted by Crippen LogP contribution is -2.20. The zero-order valence-electron chi connectivity index (χ0n) is 11.1. The van der Waals surface area contributed by atoms with Gasteiger partial charge in [-0.3, -0.25) is 9.59 Å². The Balaban J connectivity index is 0.000000452. The molecule has 0 radical (unpaired) electrons. The van der Waals surface area contributed by atoms with Crippen molar-refractivity contribution in [2.75, 3.05) is 12.3 Å². The standard InChI is InChI=1S/C14H9NO2.C2H6O/c15-8-5-6-11-12(7-8)14(17)10-4-2-1-3-9(10)13(11)16;1-2-3/h1-7H,15H2;3H,2H2,1H3. The molecule has 0 aliphatic heterocycles. The summed E-state index contributed by atoms with van der Waals surface area (Å²) < 4.78 is 0. The molecule has 4 heteroatoms. The maximum absolute atomic E-state index is 12.2. The number of carbonyl (C=O) groups is 2. The first kappa shape index (κ1) is 14.0. The molecule has 0 bridgehead atoms. The molecule has 102 valence electrons. The summed E-state index contributed by atoms with van der Waals surface area (Å²) in [6.45, 7) is 1.93. The second-order valence-electron chi connectivity index (χ2n) is 4.33. The van der Waals surface area contributed by atoms with Crippen molar-refractivity contribution >= 4 is 17.3 Å². The molecule has 0 aromatic heterocycles. The van der Waals surface area contributed by atoms with Crippen LogP contribution in [0.5, 0.6) is 0 Å². The van der Waals surface area contributed by atoms with Gasteiger partial charge in [0, 0.05) is 34.5 Å². The van der Waals surface area contributed by atoms with E-state index in [9.17, 15) is 9.59 Å². The van der Waals surface area contributed by atoms with Crippen LogP contribution in [0.3, 0.4) is 0 Å². The van der Waals surface area contributed by atoms with Crippen LogP contribution in [-0.4, -0.2) is 23.3 Å². The molecule has 4 nitrogen and oxygen atoms in total. The fraction of sp³-hybridized carbons (Fsp3) is 0.125. The number of nitrogens with two attached hydrogens (primary N) is 1. The quantitative estimate of drug-likeness (QED) is 0.612. The zero-order valence-corrected chi connectivity index (χ0v) is 11.1. The predicted molar refractivity (Wildman–Crippen MR) is 76.9 cm³/mol. The van der Waals surface area contributed by atoms with E-state index >= 15 is 0 Å². The van der Waals surface area contributed by atoms with Crippen molar-refractivity contribution in [1.82, 2.24) is 0 Å². The first-order valence-corrected chi connectivity index (χ1v) is 6.29. The van der Waals surface area contributed by atoms with Gasteiger partial charge in [0.05, 0.1) is 0 Å². The van der Waals surface area contributed by atoms with Crippen molar-refractivity contribution in [2.24, 2.45) is 0 Å². The molecule has 2 aromatic rings. The Labute approximate surface area is 116 Å². The van der Waals surface area contributed by atoms with E-state index in [-0.39, 0.29) is 18.2 Å². The monoisotopic (exact) mass is 269 g/mol. The highest BCUT2D eigenvalue weighted by Crippen LogP contribution is 2.28. The van der Waals surface area contributed by atoms with Crippen LogP contribution in [0.2, 0.25) is 0 Å². The summed E-state index contributed by atoms with van der Waals surface area (Å²) in [5.41, 5.74) is 7.89. The van der Waals surface area contributed by atoms with E-state index in [4.69, 9.17) is 10.8 Å². The molecule has 0 atom stereocenters. The van der Waals surface area contributed by atoms with Crippen molar-refractivity contribution in [2.45, 2.75) is 6.92 Å². The average Bonchev–Trinajstić information content (AvgIpc) is 2.45. The topological polar surface area (TPSA) is 80.4 Å². The number of benzene rings is 2. The molecule has 3 N–H and O–H groups in total. The molecule has 0 spiro atoms. The molecular weight excluding hydrogens is 254 g/mol. The second-order valence-corrected chi connectivity index (χ2v) is 4.33. The van der Waals surface area contributed by atoms with Gasteiger partial charge in [0.25, 0.3) is 0 Å². The summed E-state index contributed by atoms with van der Waals surface area (Å²) in [5.74, 6) is -0.252. The molecule has 3 rings (SSSR count). The van der Waals surface area contributed by atoms with Crippen LogP contribution in [0.1, 0.15) is 38.8 Å². The normalized spacial score (nSPS) is 12.1. The van der Waals surface area contributed by atoms with E-state index in [1.165, 1.54) is 0 Å². The number of ketones is 2. The third-order valence-electron chi connectivity index (χ3n) is 2.95. The number of carbonyl (C=O) groups excluding carboxylic acids is 2. The number of aliphatic hydroxyl groups is 1. The molecule has 0 unspecified atom stereocenters. The molecule has 0 amide bonds. The van der Waals surface area contributed by atoms with Gasteiger partial charge in [0.1, 0.15) is 0 Å². The third kappa shape index (κ3) is 2.33. The average molecular weight is 269 g/mol. The van der Waals surface area contributed by atoms with E-state index in [2.05, 4.69) is 0 Å². The van der Waals surface area contributed by atoms with Crippen LogP contribution >= 0.6 is 0 Å². The third-order valence-corrected chi connectivity index (χ3v) is 2.95. The fourth-order valence-electron chi connectivity index (χ4n) is 2.12. The van der Waals surface area contributed by atoms with Crippen molar-refractivity contribution in [3.05, 3.63) is 64.7 Å². The summed E-state index contributed by atoms with van der Waals surface area (Å²) in [7, 11) is 0. The van der Waals surface area contributed by atoms with Crippen molar-refractivity contribution < 1.29 is 14.7 Å². The molecule has 0 fully saturated rings. The first-order valence-electron chi connectivity index (χ1n) is 6.29. The summed E-state index contributed by atoms with van der Waals surface area (Å²) in [5, 5.41) is 7.57. The Morgan fingerprint density at radius 1 is 0.900 bits per heavy atom. The highest BCUT2D eigenvalue weighted by atomic mass is 16.2. The molecule has 0 heterocycles. The number of fused-ring (bicyclic) bond motifs is 2. The van der Waals surface area contributed by atoms with E-state index in [1.807, 2.05) is 0 Å². The van der Waals surface area contributed by atoms with Crippen LogP contribution in [0.15, 0.2) is 42.5 Å². The van der Waals surface area contributed by atoms with Gasteiger partial charge < -0.3 is 10.8 Å². The van der Waals surface area contributed by atoms with Gasteiger partial charge in [0.15, 0.2) is 11.6 Å². The number of hydrogen-bond donors (Lipinski definition) is 2. The molecule has 1 aliphatic carbocycles. The van der Waals surface area contributed by atoms with Gasteiger partial charge in [0.2, 0.25) is 0 Å². The second kappa shape index (κ2) is 5.67. The lowest BCUT2D eigenvalue weighted by Gasteiger charge is -2.17. The van der Waals surface area contributed by atoms with Gasteiger partial charge in [-0.25, -0.2) is 0 Å². The smallest absolute Gasteiger partial charge is 0.194 e. The van der Waals surface area contributed by atoms with Gasteiger partial charge in [-0.1, -0.05) is 24.3 Å². The lowest BCUT2D eigenvalue weighted by molar-refractivity contribution is 0.0979. The minimum absolute atomic E-state index is 0.116. The number of nitrogen functional groups attached to an aromatic ring is 1. The van der Waals surface area contributed by atoms with Crippen molar-refractivity contribution in [3.63, 3.8) is 0 Å². The summed E-state index contributed by atoms with van der Waals surface area (Å²) in [4.78, 5) is 24.4. The van der Waals surface area contributed by atoms with Crippen molar-refractivity contribution in [1.29, 1.82) is 0 Å². The molecule has 20 heavy (non-hydrogen) atoms. The first-order chi connectivity index (χ1) is 9.60. The van der Waals surface area contributed by atoms with E-state index in [1.54, 1.807) is 49.4 Å². The number of aliphatic hydroxyl groups excluding tert-OH is 1. The van der Waals surface area contributed by atoms with Crippen LogP contribution < -0.4 is 5.73 Å². The van der Waals surface area contributed by atoms with Gasteiger partial charge in [-0.05, 0) is 25.1 Å².